The van der Waals surface area contributed by atoms with Crippen LogP contribution in [-0.4, -0.2) is 40.3 Å². The van der Waals surface area contributed by atoms with Crippen LogP contribution in [0.3, 0.4) is 0 Å². The van der Waals surface area contributed by atoms with E-state index >= 15 is 0 Å². The van der Waals surface area contributed by atoms with Crippen LogP contribution in [-0.2, 0) is 17.9 Å². The van der Waals surface area contributed by atoms with Crippen LogP contribution in [0.2, 0.25) is 10.3 Å². The maximum Gasteiger partial charge on any atom is 0.254 e. The molecule has 0 aliphatic carbocycles. The monoisotopic (exact) mass is 474 g/mol. The summed E-state index contributed by atoms with van der Waals surface area (Å²) in [6.07, 6.45) is 1.39. The molecule has 0 radical (unpaired) electrons. The van der Waals surface area contributed by atoms with E-state index in [0.29, 0.717) is 33.2 Å². The van der Waals surface area contributed by atoms with Crippen molar-refractivity contribution in [3.63, 3.8) is 0 Å². The number of fused-ring (bicyclic) bond motifs is 1. The molecule has 164 valence electrons. The largest absolute Gasteiger partial charge is 0.497 e. The fourth-order valence-electron chi connectivity index (χ4n) is 3.42. The molecule has 0 saturated heterocycles. The molecule has 2 heterocycles. The summed E-state index contributed by atoms with van der Waals surface area (Å²) in [6, 6.07) is 9.53. The first-order chi connectivity index (χ1) is 15.4. The van der Waals surface area contributed by atoms with E-state index in [0.717, 1.165) is 5.56 Å². The van der Waals surface area contributed by atoms with Crippen molar-refractivity contribution in [2.24, 2.45) is 0 Å². The van der Waals surface area contributed by atoms with Crippen molar-refractivity contribution in [2.45, 2.75) is 13.1 Å². The van der Waals surface area contributed by atoms with Gasteiger partial charge in [0.25, 0.3) is 5.91 Å². The maximum absolute atomic E-state index is 13.9. The number of hydrogen-bond donors (Lipinski definition) is 1. The lowest BCUT2D eigenvalue weighted by atomic mass is 10.0. The predicted octanol–water partition coefficient (Wildman–Crippen LogP) is 3.87. The summed E-state index contributed by atoms with van der Waals surface area (Å²) >= 11 is 12.0. The van der Waals surface area contributed by atoms with Gasteiger partial charge in [-0.3, -0.25) is 9.59 Å². The first-order valence-corrected chi connectivity index (χ1v) is 10.3. The van der Waals surface area contributed by atoms with Crippen LogP contribution in [0.15, 0.2) is 42.6 Å². The summed E-state index contributed by atoms with van der Waals surface area (Å²) in [5.41, 5.74) is 2.56. The molecule has 1 N–H and O–H groups in total. The molecule has 1 aliphatic rings. The molecule has 0 saturated carbocycles. The molecular weight excluding hydrogens is 458 g/mol. The van der Waals surface area contributed by atoms with Gasteiger partial charge in [0.1, 0.15) is 18.1 Å². The lowest BCUT2D eigenvalue weighted by Crippen LogP contribution is -2.37. The van der Waals surface area contributed by atoms with E-state index < -0.39 is 11.7 Å². The molecule has 4 rings (SSSR count). The van der Waals surface area contributed by atoms with Crippen molar-refractivity contribution in [3.05, 3.63) is 75.4 Å². The Bertz CT molecular complexity index is 1220. The normalized spacial score (nSPS) is 12.6. The van der Waals surface area contributed by atoms with E-state index in [1.165, 1.54) is 36.4 Å². The molecule has 32 heavy (non-hydrogen) atoms. The highest BCUT2D eigenvalue weighted by Gasteiger charge is 2.29. The third-order valence-corrected chi connectivity index (χ3v) is 5.50. The second-order valence-corrected chi connectivity index (χ2v) is 7.85. The number of halogens is 3. The number of hydrogen-bond acceptors (Lipinski definition) is 5. The molecule has 1 aromatic heterocycles. The molecule has 0 bridgehead atoms. The minimum Gasteiger partial charge on any atom is -0.497 e. The second-order valence-electron chi connectivity index (χ2n) is 7.10. The summed E-state index contributed by atoms with van der Waals surface area (Å²) in [4.78, 5) is 34.6. The van der Waals surface area contributed by atoms with E-state index in [-0.39, 0.29) is 30.8 Å². The Kier molecular flexibility index (Phi) is 6.25. The third-order valence-electron chi connectivity index (χ3n) is 5.04. The first kappa shape index (κ1) is 22.0. The molecule has 0 unspecified atom stereocenters. The number of nitrogens with one attached hydrogen (secondary N) is 1. The Morgan fingerprint density at radius 1 is 1.25 bits per heavy atom. The summed E-state index contributed by atoms with van der Waals surface area (Å²) < 4.78 is 19.0. The summed E-state index contributed by atoms with van der Waals surface area (Å²) in [5.74, 6) is -0.659. The Morgan fingerprint density at radius 3 is 2.84 bits per heavy atom. The van der Waals surface area contributed by atoms with Gasteiger partial charge in [-0.2, -0.15) is 0 Å². The SMILES string of the molecule is COc1ccc(F)c(CNC(=O)CN2Cc3ccc(-c4nc(Cl)ncc4Cl)cc3C2=O)c1. The number of methoxy groups -OCH3 is 1. The van der Waals surface area contributed by atoms with Crippen LogP contribution in [0.25, 0.3) is 11.3 Å². The van der Waals surface area contributed by atoms with E-state index in [1.807, 2.05) is 0 Å². The first-order valence-electron chi connectivity index (χ1n) is 9.55. The fourth-order valence-corrected chi connectivity index (χ4v) is 3.75. The standard InChI is InChI=1S/C22H17Cl2FN4O3/c1-32-15-4-5-18(25)14(6-15)8-26-19(30)11-29-10-13-3-2-12(7-16(13)21(29)31)20-17(23)9-27-22(24)28-20/h2-7,9H,8,10-11H2,1H3,(H,26,30). The number of benzene rings is 2. The van der Waals surface area contributed by atoms with Crippen LogP contribution in [0.5, 0.6) is 5.75 Å². The smallest absolute Gasteiger partial charge is 0.254 e. The number of nitrogens with zero attached hydrogens (tertiary/aromatic N) is 3. The third kappa shape index (κ3) is 4.51. The topological polar surface area (TPSA) is 84.4 Å². The molecule has 7 nitrogen and oxygen atoms in total. The highest BCUT2D eigenvalue weighted by molar-refractivity contribution is 6.33. The number of carbonyl (C=O) groups is 2. The molecule has 3 aromatic rings. The molecule has 0 spiro atoms. The summed E-state index contributed by atoms with van der Waals surface area (Å²) in [5, 5.41) is 2.99. The molecule has 0 fully saturated rings. The van der Waals surface area contributed by atoms with Gasteiger partial charge in [0.05, 0.1) is 24.0 Å². The molecule has 0 atom stereocenters. The van der Waals surface area contributed by atoms with E-state index in [4.69, 9.17) is 27.9 Å². The Labute approximate surface area is 193 Å². The Morgan fingerprint density at radius 2 is 2.06 bits per heavy atom. The molecule has 10 heteroatoms. The van der Waals surface area contributed by atoms with Gasteiger partial charge in [-0.15, -0.1) is 0 Å². The zero-order valence-electron chi connectivity index (χ0n) is 16.9. The van der Waals surface area contributed by atoms with Gasteiger partial charge in [-0.25, -0.2) is 14.4 Å². The Hall–Kier alpha value is -3.23. The summed E-state index contributed by atoms with van der Waals surface area (Å²) in [7, 11) is 1.48. The van der Waals surface area contributed by atoms with Crippen LogP contribution >= 0.6 is 23.2 Å². The molecular formula is C22H17Cl2FN4O3. The number of rotatable bonds is 6. The lowest BCUT2D eigenvalue weighted by molar-refractivity contribution is -0.122. The van der Waals surface area contributed by atoms with Crippen LogP contribution in [0, 0.1) is 5.82 Å². The van der Waals surface area contributed by atoms with Gasteiger partial charge >= 0.3 is 0 Å². The van der Waals surface area contributed by atoms with Crippen molar-refractivity contribution >= 4 is 35.0 Å². The average Bonchev–Trinajstić information content (AvgIpc) is 3.09. The summed E-state index contributed by atoms with van der Waals surface area (Å²) in [6.45, 7) is 0.107. The van der Waals surface area contributed by atoms with Gasteiger partial charge in [0.15, 0.2) is 0 Å². The predicted molar refractivity (Wildman–Crippen MR) is 117 cm³/mol. The van der Waals surface area contributed by atoms with Crippen molar-refractivity contribution in [1.29, 1.82) is 0 Å². The van der Waals surface area contributed by atoms with Crippen molar-refractivity contribution < 1.29 is 18.7 Å². The van der Waals surface area contributed by atoms with Gasteiger partial charge in [-0.05, 0) is 41.4 Å². The minimum atomic E-state index is -0.452. The van der Waals surface area contributed by atoms with Crippen molar-refractivity contribution in [1.82, 2.24) is 20.2 Å². The van der Waals surface area contributed by atoms with Gasteiger partial charge in [0, 0.05) is 29.8 Å². The van der Waals surface area contributed by atoms with E-state index in [9.17, 15) is 14.0 Å². The quantitative estimate of drug-likeness (QED) is 0.548. The lowest BCUT2D eigenvalue weighted by Gasteiger charge is -2.15. The zero-order valence-corrected chi connectivity index (χ0v) is 18.4. The van der Waals surface area contributed by atoms with E-state index in [1.54, 1.807) is 18.2 Å². The van der Waals surface area contributed by atoms with Gasteiger partial charge in [0.2, 0.25) is 11.2 Å². The van der Waals surface area contributed by atoms with Crippen LogP contribution < -0.4 is 10.1 Å². The highest BCUT2D eigenvalue weighted by atomic mass is 35.5. The van der Waals surface area contributed by atoms with Crippen LogP contribution in [0.1, 0.15) is 21.5 Å². The van der Waals surface area contributed by atoms with Crippen molar-refractivity contribution in [2.75, 3.05) is 13.7 Å². The number of amides is 2. The van der Waals surface area contributed by atoms with Crippen LogP contribution in [0.4, 0.5) is 4.39 Å². The number of ether oxygens (including phenoxy) is 1. The van der Waals surface area contributed by atoms with Gasteiger partial charge < -0.3 is 15.0 Å². The molecule has 2 aromatic carbocycles. The Balaban J connectivity index is 1.44. The molecule has 1 aliphatic heterocycles. The maximum atomic E-state index is 13.9. The van der Waals surface area contributed by atoms with Gasteiger partial charge in [-0.1, -0.05) is 23.7 Å². The highest BCUT2D eigenvalue weighted by Crippen LogP contribution is 2.31. The number of carbonyl (C=O) groups excluding carboxylic acids is 2. The minimum absolute atomic E-state index is 0.0199. The fraction of sp³-hybridized carbons (Fsp3) is 0.182. The molecule has 2 amide bonds. The van der Waals surface area contributed by atoms with Crippen molar-refractivity contribution in [3.8, 4) is 17.0 Å². The second kappa shape index (κ2) is 9.10. The number of aromatic nitrogens is 2. The average molecular weight is 475 g/mol. The van der Waals surface area contributed by atoms with E-state index in [2.05, 4.69) is 15.3 Å². The zero-order chi connectivity index (χ0) is 22.8.